The number of nitrogens with zero attached hydrogens (tertiary/aromatic N) is 4. The van der Waals surface area contributed by atoms with Crippen molar-refractivity contribution in [2.45, 2.75) is 78.6 Å². The van der Waals surface area contributed by atoms with E-state index in [1.165, 1.54) is 16.7 Å². The number of ether oxygens (including phenoxy) is 1. The van der Waals surface area contributed by atoms with Gasteiger partial charge >= 0.3 is 0 Å². The van der Waals surface area contributed by atoms with Crippen LogP contribution in [0, 0.1) is 18.5 Å². The van der Waals surface area contributed by atoms with Gasteiger partial charge in [-0.05, 0) is 86.5 Å². The molecule has 0 aliphatic heterocycles. The number of fused-ring (bicyclic) bond motifs is 8. The molecule has 4 heterocycles. The van der Waals surface area contributed by atoms with E-state index in [4.69, 9.17) is 14.1 Å². The normalized spacial score (nSPS) is 12.5. The van der Waals surface area contributed by atoms with Crippen molar-refractivity contribution < 1.29 is 34.8 Å². The van der Waals surface area contributed by atoms with Crippen molar-refractivity contribution in [3.63, 3.8) is 0 Å². The summed E-state index contributed by atoms with van der Waals surface area (Å²) in [5.41, 5.74) is 11.2. The van der Waals surface area contributed by atoms with E-state index in [-0.39, 0.29) is 37.3 Å². The van der Waals surface area contributed by atoms with E-state index in [9.17, 15) is 0 Å². The molecule has 0 aliphatic carbocycles. The van der Waals surface area contributed by atoms with E-state index < -0.39 is 0 Å². The van der Waals surface area contributed by atoms with Gasteiger partial charge in [-0.15, -0.1) is 29.7 Å². The number of benzene rings is 6. The van der Waals surface area contributed by atoms with Crippen LogP contribution in [0.15, 0.2) is 132 Å². The predicted molar refractivity (Wildman–Crippen MR) is 243 cm³/mol. The molecule has 7 heteroatoms. The number of hydrogen-bond acceptors (Lipinski definition) is 3. The van der Waals surface area contributed by atoms with Crippen LogP contribution in [0.25, 0.3) is 72.0 Å². The van der Waals surface area contributed by atoms with Crippen molar-refractivity contribution in [3.05, 3.63) is 163 Å². The second-order valence-corrected chi connectivity index (χ2v) is 19.0. The molecule has 0 amide bonds. The molecule has 0 radical (unpaired) electrons. The number of pyridine rings is 1. The van der Waals surface area contributed by atoms with Crippen molar-refractivity contribution in [1.82, 2.24) is 14.1 Å². The molecular formula is C54H48N4O2Pt-2. The molecular weight excluding hydrogens is 932 g/mol. The summed E-state index contributed by atoms with van der Waals surface area (Å²) in [4.78, 5) is 4.93. The number of para-hydroxylation sites is 3. The second-order valence-electron chi connectivity index (χ2n) is 19.0. The van der Waals surface area contributed by atoms with E-state index >= 15 is 0 Å². The molecule has 0 atom stereocenters. The maximum Gasteiger partial charge on any atom is 0.268 e. The van der Waals surface area contributed by atoms with Gasteiger partial charge in [0.05, 0.1) is 16.7 Å². The van der Waals surface area contributed by atoms with Crippen molar-refractivity contribution in [3.8, 4) is 28.7 Å². The zero-order chi connectivity index (χ0) is 41.7. The maximum atomic E-state index is 6.67. The van der Waals surface area contributed by atoms with Crippen LogP contribution in [0.3, 0.4) is 0 Å². The summed E-state index contributed by atoms with van der Waals surface area (Å²) in [6.45, 7) is 20.3. The van der Waals surface area contributed by atoms with Gasteiger partial charge in [0.15, 0.2) is 0 Å². The summed E-state index contributed by atoms with van der Waals surface area (Å²) in [5.74, 6) is 1.97. The van der Waals surface area contributed by atoms with Crippen LogP contribution in [0.5, 0.6) is 11.5 Å². The monoisotopic (exact) mass is 979 g/mol. The van der Waals surface area contributed by atoms with Crippen LogP contribution in [0.4, 0.5) is 0 Å². The Morgan fingerprint density at radius 2 is 1.30 bits per heavy atom. The summed E-state index contributed by atoms with van der Waals surface area (Å²) >= 11 is 0. The molecule has 0 unspecified atom stereocenters. The summed E-state index contributed by atoms with van der Waals surface area (Å²) in [6.07, 6.45) is 5.60. The van der Waals surface area contributed by atoms with Crippen LogP contribution in [-0.2, 0) is 37.3 Å². The molecule has 10 rings (SSSR count). The van der Waals surface area contributed by atoms with Gasteiger partial charge in [-0.1, -0.05) is 116 Å². The molecule has 0 saturated carbocycles. The molecule has 0 aliphatic rings. The van der Waals surface area contributed by atoms with E-state index in [1.54, 1.807) is 0 Å². The van der Waals surface area contributed by atoms with Gasteiger partial charge in [0.2, 0.25) is 0 Å². The fourth-order valence-corrected chi connectivity index (χ4v) is 8.31. The van der Waals surface area contributed by atoms with Gasteiger partial charge in [-0.2, -0.15) is 18.2 Å². The minimum Gasteiger partial charge on any atom is -0.510 e. The van der Waals surface area contributed by atoms with E-state index in [1.807, 2.05) is 42.6 Å². The summed E-state index contributed by atoms with van der Waals surface area (Å²) in [7, 11) is 0. The van der Waals surface area contributed by atoms with Gasteiger partial charge in [-0.25, -0.2) is 4.98 Å². The molecule has 0 N–H and O–H groups in total. The molecule has 0 fully saturated rings. The summed E-state index contributed by atoms with van der Waals surface area (Å²) in [6, 6.07) is 49.4. The van der Waals surface area contributed by atoms with Crippen LogP contribution >= 0.6 is 0 Å². The third-order valence-corrected chi connectivity index (χ3v) is 11.7. The first kappa shape index (κ1) is 40.4. The average molecular weight is 980 g/mol. The number of furan rings is 1. The van der Waals surface area contributed by atoms with Gasteiger partial charge in [-0.3, -0.25) is 4.57 Å². The van der Waals surface area contributed by atoms with Crippen LogP contribution in [0.1, 0.15) is 79.0 Å². The van der Waals surface area contributed by atoms with Crippen LogP contribution in [0.2, 0.25) is 0 Å². The first-order valence-corrected chi connectivity index (χ1v) is 20.7. The van der Waals surface area contributed by atoms with Gasteiger partial charge in [0.25, 0.3) is 6.33 Å². The first-order chi connectivity index (χ1) is 28.6. The summed E-state index contributed by atoms with van der Waals surface area (Å²) in [5, 5.41) is 4.29. The Hall–Kier alpha value is -5.97. The largest absolute Gasteiger partial charge is 0.510 e. The molecule has 0 saturated heterocycles. The molecule has 308 valence electrons. The van der Waals surface area contributed by atoms with Gasteiger partial charge < -0.3 is 18.3 Å². The van der Waals surface area contributed by atoms with E-state index in [2.05, 4.69) is 179 Å². The van der Waals surface area contributed by atoms with Gasteiger partial charge in [0, 0.05) is 55.1 Å². The molecule has 6 nitrogen and oxygen atoms in total. The van der Waals surface area contributed by atoms with Crippen molar-refractivity contribution in [2.24, 2.45) is 0 Å². The third-order valence-electron chi connectivity index (χ3n) is 11.7. The summed E-state index contributed by atoms with van der Waals surface area (Å²) < 4.78 is 19.5. The van der Waals surface area contributed by atoms with Crippen LogP contribution < -0.4 is 9.30 Å². The molecule has 61 heavy (non-hydrogen) atoms. The smallest absolute Gasteiger partial charge is 0.268 e. The maximum absolute atomic E-state index is 6.67. The Morgan fingerprint density at radius 1 is 0.590 bits per heavy atom. The minimum absolute atomic E-state index is 0. The Morgan fingerprint density at radius 3 is 2.05 bits per heavy atom. The van der Waals surface area contributed by atoms with E-state index in [0.29, 0.717) is 11.5 Å². The Bertz CT molecular complexity index is 3280. The third kappa shape index (κ3) is 7.05. The van der Waals surface area contributed by atoms with Crippen molar-refractivity contribution in [1.29, 1.82) is 0 Å². The molecule has 0 bridgehead atoms. The van der Waals surface area contributed by atoms with Crippen molar-refractivity contribution in [2.75, 3.05) is 0 Å². The number of rotatable bonds is 5. The molecule has 10 aromatic rings. The number of imidazole rings is 1. The topological polar surface area (TPSA) is 49.0 Å². The second kappa shape index (κ2) is 14.6. The van der Waals surface area contributed by atoms with E-state index in [0.717, 1.165) is 72.0 Å². The Labute approximate surface area is 371 Å². The zero-order valence-corrected chi connectivity index (χ0v) is 38.3. The standard InChI is InChI=1S/C54H48N4O2.Pt/c1-52(2,3)34-25-26-55-49(30-34)58-45-23-24-48-51(42-17-10-13-20-47(42)60-48)50(45)41-22-21-40(32-46(41)58)59-39-16-14-15-37(31-39)56-33-57(44-19-12-11-18-43(44)56)38-28-35(53(4,5)6)27-36(29-38)54(7,8)9;/h10-30H,1-9H3;/q-2;. The number of aromatic nitrogens is 4. The average Bonchev–Trinajstić information content (AvgIpc) is 3.89. The molecule has 6 aromatic carbocycles. The predicted octanol–water partition coefficient (Wildman–Crippen LogP) is 13.4. The Kier molecular flexibility index (Phi) is 9.67. The first-order valence-electron chi connectivity index (χ1n) is 20.7. The van der Waals surface area contributed by atoms with Crippen molar-refractivity contribution >= 4 is 54.8 Å². The number of hydrogen-bond donors (Lipinski definition) is 0. The zero-order valence-electron chi connectivity index (χ0n) is 36.0. The Balaban J connectivity index is 0.00000476. The minimum atomic E-state index is -0.0586. The van der Waals surface area contributed by atoms with Gasteiger partial charge in [0.1, 0.15) is 17.0 Å². The van der Waals surface area contributed by atoms with Crippen LogP contribution in [-0.4, -0.2) is 14.1 Å². The molecule has 0 spiro atoms. The fraction of sp³-hybridized carbons (Fsp3) is 0.222. The quantitative estimate of drug-likeness (QED) is 0.128. The molecule has 4 aromatic heterocycles. The SMILES string of the molecule is CC(C)(C)c1cc(-[n+]2[c-]n(-c3[c-]c(Oc4[c-]c5c(cc4)c4c6c(ccc4n5-c4cc(C(C)(C)C)ccn4)oc4ccccc46)ccc3)c3ccccc32)cc(C(C)(C)C)c1.[Pt]. The fourth-order valence-electron chi connectivity index (χ4n) is 8.31.